The molecule has 0 aliphatic heterocycles. The predicted molar refractivity (Wildman–Crippen MR) is 83.5 cm³/mol. The van der Waals surface area contributed by atoms with Gasteiger partial charge in [0.05, 0.1) is 17.0 Å². The Morgan fingerprint density at radius 2 is 2.33 bits per heavy atom. The number of hydrogen-bond donors (Lipinski definition) is 1. The molecule has 0 unspecified atom stereocenters. The summed E-state index contributed by atoms with van der Waals surface area (Å²) in [5.74, 6) is 0.843. The highest BCUT2D eigenvalue weighted by Gasteiger charge is 2.05. The molecule has 2 aromatic rings. The number of halogens is 1. The van der Waals surface area contributed by atoms with E-state index in [9.17, 15) is 4.79 Å². The minimum Gasteiger partial charge on any atom is -0.483 e. The topological polar surface area (TPSA) is 63.8 Å². The van der Waals surface area contributed by atoms with Gasteiger partial charge < -0.3 is 9.15 Å². The number of carbonyl (C=O) groups excluding carboxylic acids is 1. The van der Waals surface area contributed by atoms with Crippen molar-refractivity contribution in [3.8, 4) is 5.75 Å². The van der Waals surface area contributed by atoms with Crippen LogP contribution in [0, 0.1) is 0 Å². The number of hydrazone groups is 1. The quantitative estimate of drug-likeness (QED) is 0.642. The number of nitrogens with zero attached hydrogens (tertiary/aromatic N) is 1. The number of rotatable bonds is 6. The Balaban J connectivity index is 1.81. The lowest BCUT2D eigenvalue weighted by Gasteiger charge is -2.08. The number of nitrogens with one attached hydrogen (secondary N) is 1. The van der Waals surface area contributed by atoms with Crippen molar-refractivity contribution in [3.05, 3.63) is 52.4 Å². The van der Waals surface area contributed by atoms with Gasteiger partial charge in [0, 0.05) is 0 Å². The maximum absolute atomic E-state index is 11.6. The van der Waals surface area contributed by atoms with Gasteiger partial charge in [0.15, 0.2) is 6.61 Å². The molecule has 0 aliphatic rings. The lowest BCUT2D eigenvalue weighted by Crippen LogP contribution is -2.24. The third-order valence-corrected chi connectivity index (χ3v) is 3.31. The SMILES string of the molecule is CCc1ccc(OCC(=O)NN=Cc2ccco2)c(Br)c1. The summed E-state index contributed by atoms with van der Waals surface area (Å²) in [6.45, 7) is 1.96. The molecule has 1 aromatic carbocycles. The molecule has 6 heteroatoms. The zero-order chi connectivity index (χ0) is 15.1. The zero-order valence-corrected chi connectivity index (χ0v) is 13.1. The van der Waals surface area contributed by atoms with Crippen molar-refractivity contribution in [3.63, 3.8) is 0 Å². The molecule has 0 bridgehead atoms. The Hall–Kier alpha value is -2.08. The summed E-state index contributed by atoms with van der Waals surface area (Å²) in [5.41, 5.74) is 3.56. The third kappa shape index (κ3) is 4.75. The molecule has 0 fully saturated rings. The Labute approximate surface area is 131 Å². The normalized spacial score (nSPS) is 10.8. The number of ether oxygens (including phenoxy) is 1. The summed E-state index contributed by atoms with van der Waals surface area (Å²) < 4.78 is 11.3. The summed E-state index contributed by atoms with van der Waals surface area (Å²) in [6, 6.07) is 9.25. The fourth-order valence-corrected chi connectivity index (χ4v) is 2.13. The van der Waals surface area contributed by atoms with E-state index in [-0.39, 0.29) is 12.5 Å². The lowest BCUT2D eigenvalue weighted by molar-refractivity contribution is -0.123. The number of hydrogen-bond acceptors (Lipinski definition) is 4. The highest BCUT2D eigenvalue weighted by atomic mass is 79.9. The zero-order valence-electron chi connectivity index (χ0n) is 11.5. The summed E-state index contributed by atoms with van der Waals surface area (Å²) in [6.07, 6.45) is 3.90. The molecular formula is C15H15BrN2O3. The molecule has 0 saturated carbocycles. The molecular weight excluding hydrogens is 336 g/mol. The van der Waals surface area contributed by atoms with Gasteiger partial charge in [0.25, 0.3) is 5.91 Å². The predicted octanol–water partition coefficient (Wildman–Crippen LogP) is 3.13. The van der Waals surface area contributed by atoms with Crippen molar-refractivity contribution in [2.24, 2.45) is 5.10 Å². The summed E-state index contributed by atoms with van der Waals surface area (Å²) in [7, 11) is 0. The van der Waals surface area contributed by atoms with Crippen LogP contribution in [-0.2, 0) is 11.2 Å². The molecule has 1 aromatic heterocycles. The van der Waals surface area contributed by atoms with Crippen LogP contribution in [-0.4, -0.2) is 18.7 Å². The van der Waals surface area contributed by atoms with Gasteiger partial charge in [-0.2, -0.15) is 5.10 Å². The maximum atomic E-state index is 11.6. The highest BCUT2D eigenvalue weighted by Crippen LogP contribution is 2.26. The highest BCUT2D eigenvalue weighted by molar-refractivity contribution is 9.10. The fourth-order valence-electron chi connectivity index (χ4n) is 1.59. The van der Waals surface area contributed by atoms with Crippen molar-refractivity contribution in [1.82, 2.24) is 5.43 Å². The number of carbonyl (C=O) groups is 1. The molecule has 110 valence electrons. The van der Waals surface area contributed by atoms with Gasteiger partial charge in [-0.1, -0.05) is 13.0 Å². The van der Waals surface area contributed by atoms with Crippen LogP contribution in [0.2, 0.25) is 0 Å². The Morgan fingerprint density at radius 1 is 1.48 bits per heavy atom. The molecule has 2 rings (SSSR count). The van der Waals surface area contributed by atoms with E-state index in [1.54, 1.807) is 12.1 Å². The van der Waals surface area contributed by atoms with Gasteiger partial charge in [-0.15, -0.1) is 0 Å². The fraction of sp³-hybridized carbons (Fsp3) is 0.200. The largest absolute Gasteiger partial charge is 0.483 e. The van der Waals surface area contributed by atoms with E-state index in [4.69, 9.17) is 9.15 Å². The molecule has 1 heterocycles. The van der Waals surface area contributed by atoms with E-state index in [0.29, 0.717) is 11.5 Å². The minimum absolute atomic E-state index is 0.112. The molecule has 5 nitrogen and oxygen atoms in total. The molecule has 0 saturated heterocycles. The number of benzene rings is 1. The van der Waals surface area contributed by atoms with Crippen LogP contribution >= 0.6 is 15.9 Å². The summed E-state index contributed by atoms with van der Waals surface area (Å²) in [4.78, 5) is 11.6. The van der Waals surface area contributed by atoms with E-state index in [1.165, 1.54) is 18.0 Å². The standard InChI is InChI=1S/C15H15BrN2O3/c1-2-11-5-6-14(13(16)8-11)21-10-15(19)18-17-9-12-4-3-7-20-12/h3-9H,2,10H2,1H3,(H,18,19). The second kappa shape index (κ2) is 7.64. The van der Waals surface area contributed by atoms with Crippen molar-refractivity contribution < 1.29 is 13.9 Å². The van der Waals surface area contributed by atoms with Gasteiger partial charge in [-0.25, -0.2) is 5.43 Å². The van der Waals surface area contributed by atoms with Crippen LogP contribution in [0.4, 0.5) is 0 Å². The smallest absolute Gasteiger partial charge is 0.277 e. The van der Waals surface area contributed by atoms with Gasteiger partial charge in [0.1, 0.15) is 11.5 Å². The van der Waals surface area contributed by atoms with E-state index in [0.717, 1.165) is 10.9 Å². The molecule has 0 radical (unpaired) electrons. The maximum Gasteiger partial charge on any atom is 0.277 e. The average molecular weight is 351 g/mol. The first-order valence-electron chi connectivity index (χ1n) is 6.45. The number of amides is 1. The third-order valence-electron chi connectivity index (χ3n) is 2.69. The molecule has 0 aliphatic carbocycles. The molecule has 1 amide bonds. The van der Waals surface area contributed by atoms with Crippen molar-refractivity contribution in [1.29, 1.82) is 0 Å². The molecule has 0 spiro atoms. The van der Waals surface area contributed by atoms with E-state index in [2.05, 4.69) is 33.4 Å². The Bertz CT molecular complexity index is 624. The average Bonchev–Trinajstić information content (AvgIpc) is 2.99. The Kier molecular flexibility index (Phi) is 5.57. The van der Waals surface area contributed by atoms with Crippen LogP contribution in [0.3, 0.4) is 0 Å². The van der Waals surface area contributed by atoms with Crippen LogP contribution < -0.4 is 10.2 Å². The van der Waals surface area contributed by atoms with Crippen molar-refractivity contribution in [2.75, 3.05) is 6.61 Å². The molecule has 1 N–H and O–H groups in total. The second-order valence-electron chi connectivity index (χ2n) is 4.22. The van der Waals surface area contributed by atoms with Crippen molar-refractivity contribution in [2.45, 2.75) is 13.3 Å². The Morgan fingerprint density at radius 3 is 3.00 bits per heavy atom. The first-order valence-corrected chi connectivity index (χ1v) is 7.25. The van der Waals surface area contributed by atoms with Crippen LogP contribution in [0.5, 0.6) is 5.75 Å². The van der Waals surface area contributed by atoms with E-state index < -0.39 is 0 Å². The molecule has 0 atom stereocenters. The van der Waals surface area contributed by atoms with Gasteiger partial charge >= 0.3 is 0 Å². The first-order chi connectivity index (χ1) is 10.2. The van der Waals surface area contributed by atoms with E-state index in [1.807, 2.05) is 18.2 Å². The van der Waals surface area contributed by atoms with E-state index >= 15 is 0 Å². The van der Waals surface area contributed by atoms with Gasteiger partial charge in [-0.05, 0) is 52.2 Å². The number of aryl methyl sites for hydroxylation is 1. The lowest BCUT2D eigenvalue weighted by atomic mass is 10.2. The van der Waals surface area contributed by atoms with Crippen molar-refractivity contribution >= 4 is 28.1 Å². The minimum atomic E-state index is -0.343. The first kappa shape index (κ1) is 15.3. The number of furan rings is 1. The van der Waals surface area contributed by atoms with Gasteiger partial charge in [0.2, 0.25) is 0 Å². The van der Waals surface area contributed by atoms with Crippen LogP contribution in [0.25, 0.3) is 0 Å². The van der Waals surface area contributed by atoms with Crippen LogP contribution in [0.1, 0.15) is 18.2 Å². The second-order valence-corrected chi connectivity index (χ2v) is 5.07. The van der Waals surface area contributed by atoms with Gasteiger partial charge in [-0.3, -0.25) is 4.79 Å². The summed E-state index contributed by atoms with van der Waals surface area (Å²) in [5, 5.41) is 3.77. The monoisotopic (exact) mass is 350 g/mol. The molecule has 21 heavy (non-hydrogen) atoms. The summed E-state index contributed by atoms with van der Waals surface area (Å²) >= 11 is 3.42. The van der Waals surface area contributed by atoms with Crippen LogP contribution in [0.15, 0.2) is 50.6 Å².